The summed E-state index contributed by atoms with van der Waals surface area (Å²) in [6, 6.07) is 8.25. The topological polar surface area (TPSA) is 50.4 Å². The second-order valence-electron chi connectivity index (χ2n) is 4.14. The van der Waals surface area contributed by atoms with Gasteiger partial charge in [0.25, 0.3) is 0 Å². The highest BCUT2D eigenvalue weighted by atomic mass is 32.2. The van der Waals surface area contributed by atoms with Gasteiger partial charge in [0, 0.05) is 11.8 Å². The molecule has 0 spiro atoms. The van der Waals surface area contributed by atoms with Crippen LogP contribution in [0, 0.1) is 5.82 Å². The molecule has 0 saturated carbocycles. The standard InChI is InChI=1S/C15H13FO3S/c16-13-7-11(3-4-15(17)18)6-12(8-13)9-20-10-14-2-1-5-19-14/h1-8H,9-10H2,(H,17,18). The van der Waals surface area contributed by atoms with E-state index in [4.69, 9.17) is 9.52 Å². The molecule has 0 saturated heterocycles. The molecule has 0 bridgehead atoms. The highest BCUT2D eigenvalue weighted by Crippen LogP contribution is 2.20. The maximum atomic E-state index is 13.4. The van der Waals surface area contributed by atoms with Gasteiger partial charge in [-0.15, -0.1) is 11.8 Å². The van der Waals surface area contributed by atoms with E-state index in [1.54, 1.807) is 24.1 Å². The summed E-state index contributed by atoms with van der Waals surface area (Å²) in [7, 11) is 0. The van der Waals surface area contributed by atoms with Crippen molar-refractivity contribution in [3.63, 3.8) is 0 Å². The number of furan rings is 1. The van der Waals surface area contributed by atoms with Gasteiger partial charge in [0.2, 0.25) is 0 Å². The van der Waals surface area contributed by atoms with Gasteiger partial charge in [0.15, 0.2) is 0 Å². The van der Waals surface area contributed by atoms with Crippen molar-refractivity contribution in [1.82, 2.24) is 0 Å². The third-order valence-electron chi connectivity index (χ3n) is 2.49. The number of benzene rings is 1. The molecule has 0 aliphatic heterocycles. The van der Waals surface area contributed by atoms with E-state index < -0.39 is 5.97 Å². The summed E-state index contributed by atoms with van der Waals surface area (Å²) in [6.45, 7) is 0. The maximum absolute atomic E-state index is 13.4. The zero-order chi connectivity index (χ0) is 14.4. The Kier molecular flexibility index (Phi) is 5.01. The van der Waals surface area contributed by atoms with Gasteiger partial charge >= 0.3 is 5.97 Å². The zero-order valence-corrected chi connectivity index (χ0v) is 11.4. The monoisotopic (exact) mass is 292 g/mol. The Labute approximate surface area is 120 Å². The molecule has 1 heterocycles. The average Bonchev–Trinajstić information content (AvgIpc) is 2.89. The first kappa shape index (κ1) is 14.4. The Morgan fingerprint density at radius 3 is 2.90 bits per heavy atom. The summed E-state index contributed by atoms with van der Waals surface area (Å²) >= 11 is 1.61. The number of hydrogen-bond donors (Lipinski definition) is 1. The predicted octanol–water partition coefficient (Wildman–Crippen LogP) is 3.95. The van der Waals surface area contributed by atoms with Gasteiger partial charge in [0.05, 0.1) is 12.0 Å². The summed E-state index contributed by atoms with van der Waals surface area (Å²) in [5.74, 6) is 0.794. The van der Waals surface area contributed by atoms with E-state index in [9.17, 15) is 9.18 Å². The van der Waals surface area contributed by atoms with Gasteiger partial charge in [-0.25, -0.2) is 9.18 Å². The lowest BCUT2D eigenvalue weighted by Crippen LogP contribution is -1.89. The lowest BCUT2D eigenvalue weighted by Gasteiger charge is -2.03. The average molecular weight is 292 g/mol. The Bertz CT molecular complexity index is 606. The van der Waals surface area contributed by atoms with Crippen LogP contribution in [0.25, 0.3) is 6.08 Å². The van der Waals surface area contributed by atoms with Crippen LogP contribution in [0.1, 0.15) is 16.9 Å². The number of thioether (sulfide) groups is 1. The van der Waals surface area contributed by atoms with Crippen molar-refractivity contribution in [2.24, 2.45) is 0 Å². The number of carboxylic acid groups (broad SMARTS) is 1. The molecule has 104 valence electrons. The highest BCUT2D eigenvalue weighted by Gasteiger charge is 2.02. The molecular formula is C15H13FO3S. The first-order valence-electron chi connectivity index (χ1n) is 5.94. The third kappa shape index (κ3) is 4.59. The molecule has 0 aliphatic carbocycles. The van der Waals surface area contributed by atoms with Gasteiger partial charge in [-0.05, 0) is 41.5 Å². The number of hydrogen-bond acceptors (Lipinski definition) is 3. The van der Waals surface area contributed by atoms with Crippen LogP contribution in [-0.2, 0) is 16.3 Å². The lowest BCUT2D eigenvalue weighted by atomic mass is 10.1. The molecule has 20 heavy (non-hydrogen) atoms. The van der Waals surface area contributed by atoms with Crippen molar-refractivity contribution in [2.75, 3.05) is 0 Å². The minimum atomic E-state index is -1.05. The summed E-state index contributed by atoms with van der Waals surface area (Å²) in [6.07, 6.45) is 3.99. The Morgan fingerprint density at radius 1 is 1.35 bits per heavy atom. The van der Waals surface area contributed by atoms with Crippen LogP contribution in [-0.4, -0.2) is 11.1 Å². The molecule has 0 aliphatic rings. The van der Waals surface area contributed by atoms with Crippen LogP contribution in [0.2, 0.25) is 0 Å². The van der Waals surface area contributed by atoms with Crippen LogP contribution in [0.15, 0.2) is 47.1 Å². The number of rotatable bonds is 6. The van der Waals surface area contributed by atoms with Crippen LogP contribution in [0.4, 0.5) is 4.39 Å². The quantitative estimate of drug-likeness (QED) is 0.819. The van der Waals surface area contributed by atoms with Gasteiger partial charge in [-0.3, -0.25) is 0 Å². The van der Waals surface area contributed by atoms with E-state index in [1.165, 1.54) is 18.2 Å². The predicted molar refractivity (Wildman–Crippen MR) is 76.8 cm³/mol. The summed E-state index contributed by atoms with van der Waals surface area (Å²) in [5.41, 5.74) is 1.35. The molecule has 0 fully saturated rings. The Hall–Kier alpha value is -2.01. The van der Waals surface area contributed by atoms with Gasteiger partial charge in [0.1, 0.15) is 11.6 Å². The summed E-state index contributed by atoms with van der Waals surface area (Å²) < 4.78 is 18.7. The van der Waals surface area contributed by atoms with Crippen molar-refractivity contribution in [3.05, 3.63) is 65.4 Å². The van der Waals surface area contributed by atoms with E-state index in [2.05, 4.69) is 0 Å². The summed E-state index contributed by atoms with van der Waals surface area (Å²) in [5, 5.41) is 8.57. The molecule has 0 amide bonds. The zero-order valence-electron chi connectivity index (χ0n) is 10.6. The molecule has 0 atom stereocenters. The Morgan fingerprint density at radius 2 is 2.20 bits per heavy atom. The molecular weight excluding hydrogens is 279 g/mol. The molecule has 1 aromatic carbocycles. The van der Waals surface area contributed by atoms with Crippen LogP contribution in [0.5, 0.6) is 0 Å². The fraction of sp³-hybridized carbons (Fsp3) is 0.133. The second kappa shape index (κ2) is 6.96. The number of halogens is 1. The van der Waals surface area contributed by atoms with E-state index in [0.29, 0.717) is 17.1 Å². The number of carboxylic acids is 1. The Balaban J connectivity index is 1.98. The van der Waals surface area contributed by atoms with E-state index >= 15 is 0 Å². The fourth-order valence-electron chi connectivity index (χ4n) is 1.69. The molecule has 1 N–H and O–H groups in total. The minimum Gasteiger partial charge on any atom is -0.478 e. The number of aliphatic carboxylic acids is 1. The molecule has 5 heteroatoms. The second-order valence-corrected chi connectivity index (χ2v) is 5.12. The van der Waals surface area contributed by atoms with Crippen LogP contribution < -0.4 is 0 Å². The SMILES string of the molecule is O=C(O)C=Cc1cc(F)cc(CSCc2ccco2)c1. The lowest BCUT2D eigenvalue weighted by molar-refractivity contribution is -0.131. The van der Waals surface area contributed by atoms with Crippen molar-refractivity contribution < 1.29 is 18.7 Å². The first-order chi connectivity index (χ1) is 9.63. The molecule has 0 radical (unpaired) electrons. The smallest absolute Gasteiger partial charge is 0.328 e. The van der Waals surface area contributed by atoms with Crippen LogP contribution >= 0.6 is 11.8 Å². The van der Waals surface area contributed by atoms with Gasteiger partial charge < -0.3 is 9.52 Å². The van der Waals surface area contributed by atoms with Crippen molar-refractivity contribution >= 4 is 23.8 Å². The molecule has 2 rings (SSSR count). The molecule has 3 nitrogen and oxygen atoms in total. The third-order valence-corrected chi connectivity index (χ3v) is 3.52. The minimum absolute atomic E-state index is 0.369. The van der Waals surface area contributed by atoms with Crippen molar-refractivity contribution in [1.29, 1.82) is 0 Å². The summed E-state index contributed by atoms with van der Waals surface area (Å²) in [4.78, 5) is 10.5. The first-order valence-corrected chi connectivity index (χ1v) is 7.09. The maximum Gasteiger partial charge on any atom is 0.328 e. The van der Waals surface area contributed by atoms with E-state index in [-0.39, 0.29) is 5.82 Å². The van der Waals surface area contributed by atoms with Crippen molar-refractivity contribution in [2.45, 2.75) is 11.5 Å². The number of carbonyl (C=O) groups is 1. The highest BCUT2D eigenvalue weighted by molar-refractivity contribution is 7.97. The van der Waals surface area contributed by atoms with E-state index in [1.807, 2.05) is 12.1 Å². The fourth-order valence-corrected chi connectivity index (χ4v) is 2.56. The normalized spacial score (nSPS) is 11.1. The van der Waals surface area contributed by atoms with Crippen LogP contribution in [0.3, 0.4) is 0 Å². The molecule has 0 unspecified atom stereocenters. The van der Waals surface area contributed by atoms with Gasteiger partial charge in [-0.2, -0.15) is 0 Å². The largest absolute Gasteiger partial charge is 0.478 e. The van der Waals surface area contributed by atoms with Gasteiger partial charge in [-0.1, -0.05) is 6.07 Å². The molecule has 1 aromatic heterocycles. The van der Waals surface area contributed by atoms with E-state index in [0.717, 1.165) is 17.4 Å². The molecule has 2 aromatic rings. The van der Waals surface area contributed by atoms with Crippen molar-refractivity contribution in [3.8, 4) is 0 Å².